The zero-order valence-corrected chi connectivity index (χ0v) is 18.4. The van der Waals surface area contributed by atoms with Crippen LogP contribution in [-0.2, 0) is 16.1 Å². The molecule has 6 rings (SSSR count). The summed E-state index contributed by atoms with van der Waals surface area (Å²) in [6.07, 6.45) is 3.21. The molecule has 0 aromatic heterocycles. The van der Waals surface area contributed by atoms with Crippen molar-refractivity contribution in [1.82, 2.24) is 20.4 Å². The summed E-state index contributed by atoms with van der Waals surface area (Å²) in [5, 5.41) is 5.73. The lowest BCUT2D eigenvalue weighted by molar-refractivity contribution is -0.136. The van der Waals surface area contributed by atoms with Gasteiger partial charge in [0.25, 0.3) is 5.91 Å². The molecular weight excluding hydrogens is 406 g/mol. The number of benzene rings is 1. The number of imide groups is 1. The van der Waals surface area contributed by atoms with E-state index in [1.807, 2.05) is 12.1 Å². The first-order valence-electron chi connectivity index (χ1n) is 12.0. The Hall–Kier alpha value is -2.45. The third kappa shape index (κ3) is 3.40. The van der Waals surface area contributed by atoms with Gasteiger partial charge in [0, 0.05) is 62.4 Å². The van der Waals surface area contributed by atoms with Gasteiger partial charge in [-0.15, -0.1) is 0 Å². The van der Waals surface area contributed by atoms with Crippen LogP contribution in [0.3, 0.4) is 0 Å². The molecule has 5 heterocycles. The Kier molecular flexibility index (Phi) is 4.76. The van der Waals surface area contributed by atoms with Crippen LogP contribution in [0.25, 0.3) is 0 Å². The highest BCUT2D eigenvalue weighted by atomic mass is 16.2. The summed E-state index contributed by atoms with van der Waals surface area (Å²) >= 11 is 0. The molecule has 1 spiro atoms. The summed E-state index contributed by atoms with van der Waals surface area (Å²) in [6.45, 7) is 8.56. The predicted molar refractivity (Wildman–Crippen MR) is 119 cm³/mol. The minimum absolute atomic E-state index is 0.0922. The lowest BCUT2D eigenvalue weighted by atomic mass is 9.71. The fourth-order valence-electron chi connectivity index (χ4n) is 6.05. The molecular formula is C24H31N5O3. The predicted octanol–water partition coefficient (Wildman–Crippen LogP) is 0.569. The molecule has 0 radical (unpaired) electrons. The number of hydrogen-bond donors (Lipinski definition) is 2. The number of carbonyl (C=O) groups excluding carboxylic acids is 3. The monoisotopic (exact) mass is 437 g/mol. The summed E-state index contributed by atoms with van der Waals surface area (Å²) < 4.78 is 0. The Bertz CT molecular complexity index is 958. The topological polar surface area (TPSA) is 85.0 Å². The Morgan fingerprint density at radius 3 is 2.53 bits per heavy atom. The van der Waals surface area contributed by atoms with E-state index in [0.717, 1.165) is 30.3 Å². The van der Waals surface area contributed by atoms with Crippen LogP contribution >= 0.6 is 0 Å². The highest BCUT2D eigenvalue weighted by Crippen LogP contribution is 2.43. The molecule has 8 nitrogen and oxygen atoms in total. The van der Waals surface area contributed by atoms with E-state index in [4.69, 9.17) is 0 Å². The minimum atomic E-state index is -0.552. The molecule has 0 aliphatic carbocycles. The lowest BCUT2D eigenvalue weighted by Crippen LogP contribution is -2.61. The largest absolute Gasteiger partial charge is 0.370 e. The molecule has 3 amide bonds. The van der Waals surface area contributed by atoms with Gasteiger partial charge in [0.2, 0.25) is 11.8 Å². The zero-order chi connectivity index (χ0) is 21.9. The first-order valence-corrected chi connectivity index (χ1v) is 12.0. The van der Waals surface area contributed by atoms with Crippen molar-refractivity contribution in [3.63, 3.8) is 0 Å². The maximum atomic E-state index is 13.1. The van der Waals surface area contributed by atoms with Crippen LogP contribution in [0.2, 0.25) is 0 Å². The lowest BCUT2D eigenvalue weighted by Gasteiger charge is -2.55. The van der Waals surface area contributed by atoms with Crippen LogP contribution in [0.5, 0.6) is 0 Å². The zero-order valence-electron chi connectivity index (χ0n) is 18.4. The average molecular weight is 438 g/mol. The second-order valence-corrected chi connectivity index (χ2v) is 10.4. The molecule has 5 aliphatic rings. The van der Waals surface area contributed by atoms with E-state index >= 15 is 0 Å². The molecule has 4 saturated heterocycles. The van der Waals surface area contributed by atoms with Crippen molar-refractivity contribution in [3.8, 4) is 0 Å². The van der Waals surface area contributed by atoms with E-state index < -0.39 is 6.04 Å². The molecule has 0 bridgehead atoms. The minimum Gasteiger partial charge on any atom is -0.370 e. The van der Waals surface area contributed by atoms with Gasteiger partial charge in [0.05, 0.1) is 0 Å². The molecule has 5 aliphatic heterocycles. The summed E-state index contributed by atoms with van der Waals surface area (Å²) in [7, 11) is 0. The number of piperidine rings is 2. The number of rotatable bonds is 4. The molecule has 1 aromatic carbocycles. The van der Waals surface area contributed by atoms with Crippen LogP contribution in [-0.4, -0.2) is 79.4 Å². The van der Waals surface area contributed by atoms with Crippen LogP contribution < -0.4 is 15.5 Å². The Morgan fingerprint density at radius 1 is 1.06 bits per heavy atom. The fourth-order valence-corrected chi connectivity index (χ4v) is 6.05. The van der Waals surface area contributed by atoms with Gasteiger partial charge in [-0.05, 0) is 56.0 Å². The van der Waals surface area contributed by atoms with Crippen molar-refractivity contribution in [2.45, 2.75) is 38.3 Å². The number of hydrogen-bond acceptors (Lipinski definition) is 6. The number of fused-ring (bicyclic) bond motifs is 1. The number of amides is 3. The third-order valence-electron chi connectivity index (χ3n) is 8.23. The molecule has 1 atom stereocenters. The molecule has 0 saturated carbocycles. The van der Waals surface area contributed by atoms with Gasteiger partial charge in [-0.3, -0.25) is 19.7 Å². The molecule has 2 N–H and O–H groups in total. The van der Waals surface area contributed by atoms with Gasteiger partial charge in [-0.25, -0.2) is 0 Å². The normalized spacial score (nSPS) is 27.9. The van der Waals surface area contributed by atoms with Crippen LogP contribution in [0, 0.1) is 11.3 Å². The Labute approximate surface area is 188 Å². The summed E-state index contributed by atoms with van der Waals surface area (Å²) in [4.78, 5) is 43.5. The summed E-state index contributed by atoms with van der Waals surface area (Å²) in [5.74, 6) is 0.138. The maximum absolute atomic E-state index is 13.1. The first-order chi connectivity index (χ1) is 15.5. The van der Waals surface area contributed by atoms with Crippen molar-refractivity contribution in [2.75, 3.05) is 50.7 Å². The number of nitrogens with zero attached hydrogens (tertiary/aromatic N) is 3. The summed E-state index contributed by atoms with van der Waals surface area (Å²) in [6, 6.07) is 5.61. The maximum Gasteiger partial charge on any atom is 0.255 e. The van der Waals surface area contributed by atoms with Crippen molar-refractivity contribution >= 4 is 23.4 Å². The third-order valence-corrected chi connectivity index (χ3v) is 8.23. The van der Waals surface area contributed by atoms with Gasteiger partial charge in [0.1, 0.15) is 6.04 Å². The van der Waals surface area contributed by atoms with E-state index in [0.29, 0.717) is 23.9 Å². The summed E-state index contributed by atoms with van der Waals surface area (Å²) in [5.41, 5.74) is 3.21. The van der Waals surface area contributed by atoms with Crippen LogP contribution in [0.15, 0.2) is 18.2 Å². The van der Waals surface area contributed by atoms with E-state index in [1.165, 1.54) is 45.6 Å². The molecule has 1 unspecified atom stereocenters. The smallest absolute Gasteiger partial charge is 0.255 e. The first kappa shape index (κ1) is 20.2. The van der Waals surface area contributed by atoms with Crippen LogP contribution in [0.4, 0.5) is 5.69 Å². The van der Waals surface area contributed by atoms with E-state index in [9.17, 15) is 14.4 Å². The molecule has 4 fully saturated rings. The number of carbonyl (C=O) groups is 3. The van der Waals surface area contributed by atoms with E-state index in [1.54, 1.807) is 4.90 Å². The highest BCUT2D eigenvalue weighted by molar-refractivity contribution is 6.05. The van der Waals surface area contributed by atoms with Gasteiger partial charge in [0.15, 0.2) is 0 Å². The van der Waals surface area contributed by atoms with Crippen LogP contribution in [0.1, 0.15) is 41.6 Å². The van der Waals surface area contributed by atoms with Crippen molar-refractivity contribution in [1.29, 1.82) is 0 Å². The van der Waals surface area contributed by atoms with E-state index in [2.05, 4.69) is 26.5 Å². The van der Waals surface area contributed by atoms with E-state index in [-0.39, 0.29) is 24.1 Å². The number of nitrogens with one attached hydrogen (secondary N) is 2. The van der Waals surface area contributed by atoms with Crippen molar-refractivity contribution < 1.29 is 14.4 Å². The molecule has 8 heteroatoms. The van der Waals surface area contributed by atoms with Crippen molar-refractivity contribution in [3.05, 3.63) is 29.3 Å². The molecule has 32 heavy (non-hydrogen) atoms. The second kappa shape index (κ2) is 7.56. The SMILES string of the molecule is O=C1CCC(N2Cc3ccc(N4CC5(CCN(CC6CNC6)CC5)C4)cc3C2=O)C(=O)N1. The Balaban J connectivity index is 1.08. The Morgan fingerprint density at radius 2 is 1.84 bits per heavy atom. The highest BCUT2D eigenvalue weighted by Gasteiger charge is 2.46. The molecule has 170 valence electrons. The fraction of sp³-hybridized carbons (Fsp3) is 0.625. The number of likely N-dealkylation sites (tertiary alicyclic amines) is 1. The van der Waals surface area contributed by atoms with Gasteiger partial charge in [-0.1, -0.05) is 6.07 Å². The number of anilines is 1. The quantitative estimate of drug-likeness (QED) is 0.670. The standard InChI is InChI=1S/C24H31N5O3/c30-21-4-3-20(22(31)26-21)29-13-17-1-2-18(9-19(17)23(29)32)28-14-24(15-28)5-7-27(8-6-24)12-16-10-25-11-16/h1-2,9,16,20,25H,3-8,10-15H2,(H,26,30,31). The second-order valence-electron chi connectivity index (χ2n) is 10.4. The average Bonchev–Trinajstić information content (AvgIpc) is 3.05. The van der Waals surface area contributed by atoms with Gasteiger partial charge < -0.3 is 20.0 Å². The van der Waals surface area contributed by atoms with Gasteiger partial charge in [-0.2, -0.15) is 0 Å². The molecule has 1 aromatic rings. The van der Waals surface area contributed by atoms with Crippen molar-refractivity contribution in [2.24, 2.45) is 11.3 Å². The van der Waals surface area contributed by atoms with Gasteiger partial charge >= 0.3 is 0 Å².